The van der Waals surface area contributed by atoms with Crippen LogP contribution in [-0.2, 0) is 21.7 Å². The fraction of sp³-hybridized carbons (Fsp3) is 0.229. The summed E-state index contributed by atoms with van der Waals surface area (Å²) >= 11 is 0. The molecule has 0 amide bonds. The van der Waals surface area contributed by atoms with Gasteiger partial charge in [0.2, 0.25) is 0 Å². The molecular weight excluding hydrogens is 894 g/mol. The highest BCUT2D eigenvalue weighted by molar-refractivity contribution is 7.00. The molecule has 0 unspecified atom stereocenters. The minimum absolute atomic E-state index is 0.00574. The lowest BCUT2D eigenvalue weighted by Crippen LogP contribution is -2.62. The summed E-state index contributed by atoms with van der Waals surface area (Å²) < 4.78 is 0. The van der Waals surface area contributed by atoms with E-state index in [9.17, 15) is 0 Å². The van der Waals surface area contributed by atoms with Gasteiger partial charge >= 0.3 is 0 Å². The molecule has 2 aliphatic carbocycles. The Morgan fingerprint density at radius 2 is 0.743 bits per heavy atom. The zero-order chi connectivity index (χ0) is 50.7. The topological polar surface area (TPSA) is 9.72 Å². The van der Waals surface area contributed by atoms with Crippen molar-refractivity contribution >= 4 is 74.3 Å². The Morgan fingerprint density at radius 3 is 1.30 bits per heavy atom. The number of anilines is 9. The highest BCUT2D eigenvalue weighted by Crippen LogP contribution is 2.54. The van der Waals surface area contributed by atoms with E-state index in [1.54, 1.807) is 0 Å². The first-order chi connectivity index (χ1) is 35.7. The average Bonchev–Trinajstić information content (AvgIpc) is 3.42. The summed E-state index contributed by atoms with van der Waals surface area (Å²) in [5.74, 6) is 0. The van der Waals surface area contributed by atoms with Gasteiger partial charge in [-0.2, -0.15) is 0 Å². The highest BCUT2D eigenvalue weighted by atomic mass is 15.2. The Kier molecular flexibility index (Phi) is 10.6. The molecule has 4 heteroatoms. The van der Waals surface area contributed by atoms with Gasteiger partial charge in [-0.15, -0.1) is 0 Å². The normalized spacial score (nSPS) is 17.1. The maximum Gasteiger partial charge on any atom is 0.252 e. The molecule has 9 aromatic carbocycles. The predicted molar refractivity (Wildman–Crippen MR) is 317 cm³/mol. The van der Waals surface area contributed by atoms with Crippen LogP contribution in [0, 0.1) is 0 Å². The molecule has 0 atom stereocenters. The minimum atomic E-state index is -0.0557. The molecule has 2 aliphatic heterocycles. The third-order valence-corrected chi connectivity index (χ3v) is 17.7. The Balaban J connectivity index is 1.17. The third-order valence-electron chi connectivity index (χ3n) is 17.7. The molecule has 0 aromatic heterocycles. The lowest BCUT2D eigenvalue weighted by Gasteiger charge is -2.48. The van der Waals surface area contributed by atoms with Crippen LogP contribution in [0.4, 0.5) is 51.2 Å². The average molecular weight is 960 g/mol. The van der Waals surface area contributed by atoms with E-state index in [1.807, 2.05) is 0 Å². The molecule has 0 radical (unpaired) electrons. The van der Waals surface area contributed by atoms with Crippen molar-refractivity contribution in [3.05, 3.63) is 229 Å². The molecule has 0 N–H and O–H groups in total. The van der Waals surface area contributed by atoms with Crippen LogP contribution in [0.25, 0.3) is 22.3 Å². The van der Waals surface area contributed by atoms with E-state index in [0.29, 0.717) is 0 Å². The summed E-state index contributed by atoms with van der Waals surface area (Å²) in [4.78, 5) is 7.74. The predicted octanol–water partition coefficient (Wildman–Crippen LogP) is 17.3. The molecule has 9 aromatic rings. The van der Waals surface area contributed by atoms with Crippen molar-refractivity contribution in [1.29, 1.82) is 0 Å². The SMILES string of the molecule is CC1(C)CCC(C)(C)c2cc(N3c4cc5c(cc4B4c6cc(-c7ccccc7)ccc6N(c6ccc(-c7ccccc7)cc6)c6cc(N(c7ccccc7)c7ccccc7)cc3c64)C(C)(C)CCC5(C)C)ccc21. The van der Waals surface area contributed by atoms with Gasteiger partial charge in [0.25, 0.3) is 6.71 Å². The van der Waals surface area contributed by atoms with Crippen LogP contribution in [0.15, 0.2) is 206 Å². The maximum atomic E-state index is 2.70. The van der Waals surface area contributed by atoms with E-state index in [0.717, 1.165) is 42.0 Å². The molecule has 0 saturated heterocycles. The summed E-state index contributed by atoms with van der Waals surface area (Å²) in [6, 6.07) is 78.1. The highest BCUT2D eigenvalue weighted by Gasteiger charge is 2.48. The second-order valence-electron chi connectivity index (χ2n) is 24.3. The zero-order valence-corrected chi connectivity index (χ0v) is 44.4. The molecule has 13 rings (SSSR count). The number of rotatable bonds is 7. The van der Waals surface area contributed by atoms with Crippen molar-refractivity contribution in [1.82, 2.24) is 0 Å². The van der Waals surface area contributed by atoms with Gasteiger partial charge in [-0.1, -0.05) is 189 Å². The van der Waals surface area contributed by atoms with Crippen molar-refractivity contribution in [2.75, 3.05) is 14.7 Å². The van der Waals surface area contributed by atoms with E-state index in [1.165, 1.54) is 95.8 Å². The van der Waals surface area contributed by atoms with Gasteiger partial charge in [0.1, 0.15) is 0 Å². The first kappa shape index (κ1) is 46.2. The van der Waals surface area contributed by atoms with E-state index < -0.39 is 0 Å². The third kappa shape index (κ3) is 7.46. The van der Waals surface area contributed by atoms with Crippen LogP contribution in [-0.4, -0.2) is 6.71 Å². The van der Waals surface area contributed by atoms with Crippen LogP contribution in [0.3, 0.4) is 0 Å². The fourth-order valence-corrected chi connectivity index (χ4v) is 13.3. The monoisotopic (exact) mass is 960 g/mol. The molecule has 0 saturated carbocycles. The molecule has 2 heterocycles. The number of para-hydroxylation sites is 2. The Labute approximate surface area is 440 Å². The summed E-state index contributed by atoms with van der Waals surface area (Å²) in [5, 5.41) is 0. The first-order valence-corrected chi connectivity index (χ1v) is 27.0. The molecule has 364 valence electrons. The second-order valence-corrected chi connectivity index (χ2v) is 24.3. The molecule has 74 heavy (non-hydrogen) atoms. The van der Waals surface area contributed by atoms with Gasteiger partial charge in [0.05, 0.1) is 5.69 Å². The summed E-state index contributed by atoms with van der Waals surface area (Å²) in [7, 11) is 0. The number of benzene rings is 9. The van der Waals surface area contributed by atoms with Gasteiger partial charge in [-0.25, -0.2) is 0 Å². The molecule has 0 spiro atoms. The Hall–Kier alpha value is -7.56. The second kappa shape index (κ2) is 17.0. The number of fused-ring (bicyclic) bond motifs is 6. The lowest BCUT2D eigenvalue weighted by molar-refractivity contribution is 0.332. The number of nitrogens with zero attached hydrogens (tertiary/aromatic N) is 3. The summed E-state index contributed by atoms with van der Waals surface area (Å²) in [6.45, 7) is 19.7. The van der Waals surface area contributed by atoms with Gasteiger partial charge in [-0.05, 0) is 181 Å². The lowest BCUT2D eigenvalue weighted by atomic mass is 9.33. The van der Waals surface area contributed by atoms with Gasteiger partial charge in [-0.3, -0.25) is 0 Å². The largest absolute Gasteiger partial charge is 0.311 e. The molecule has 4 aliphatic rings. The van der Waals surface area contributed by atoms with Gasteiger partial charge in [0.15, 0.2) is 0 Å². The molecule has 0 fully saturated rings. The van der Waals surface area contributed by atoms with Crippen molar-refractivity contribution in [2.45, 2.75) is 103 Å². The Bertz CT molecular complexity index is 3580. The van der Waals surface area contributed by atoms with E-state index in [-0.39, 0.29) is 28.4 Å². The van der Waals surface area contributed by atoms with Crippen LogP contribution in [0.2, 0.25) is 0 Å². The van der Waals surface area contributed by atoms with E-state index in [2.05, 4.69) is 276 Å². The van der Waals surface area contributed by atoms with E-state index in [4.69, 9.17) is 0 Å². The van der Waals surface area contributed by atoms with Crippen molar-refractivity contribution in [3.8, 4) is 22.3 Å². The molecule has 3 nitrogen and oxygen atoms in total. The fourth-order valence-electron chi connectivity index (χ4n) is 13.3. The van der Waals surface area contributed by atoms with Crippen molar-refractivity contribution < 1.29 is 0 Å². The molecular formula is C70H66BN3. The zero-order valence-electron chi connectivity index (χ0n) is 44.4. The van der Waals surface area contributed by atoms with Crippen molar-refractivity contribution in [3.63, 3.8) is 0 Å². The van der Waals surface area contributed by atoms with Crippen LogP contribution in [0.1, 0.15) is 103 Å². The minimum Gasteiger partial charge on any atom is -0.311 e. The first-order valence-electron chi connectivity index (χ1n) is 27.0. The van der Waals surface area contributed by atoms with Gasteiger partial charge in [0, 0.05) is 45.5 Å². The van der Waals surface area contributed by atoms with Crippen molar-refractivity contribution in [2.24, 2.45) is 0 Å². The standard InChI is InChI=1S/C70H66BN3/c1-67(2)37-38-68(3,4)57-42-54(34-35-56(57)67)74-63-46-59-58(69(5,6)39-40-70(59,7)8)45-61(63)71-60-41-50(48-23-15-10-16-24-48)31-36-62(60)73(53-32-29-49(30-33-53)47-21-13-9-14-22-47)64-43-55(44-65(74)66(64)71)72(51-25-17-11-18-26-51)52-27-19-12-20-28-52/h9-36,41-46H,37-40H2,1-8H3. The maximum absolute atomic E-state index is 2.70. The summed E-state index contributed by atoms with van der Waals surface area (Å²) in [6.07, 6.45) is 4.62. The number of hydrogen-bond acceptors (Lipinski definition) is 3. The van der Waals surface area contributed by atoms with E-state index >= 15 is 0 Å². The van der Waals surface area contributed by atoms with Crippen LogP contribution < -0.4 is 31.1 Å². The van der Waals surface area contributed by atoms with Gasteiger partial charge < -0.3 is 14.7 Å². The van der Waals surface area contributed by atoms with Crippen LogP contribution in [0.5, 0.6) is 0 Å². The van der Waals surface area contributed by atoms with Crippen LogP contribution >= 0.6 is 0 Å². The smallest absolute Gasteiger partial charge is 0.252 e. The molecule has 0 bridgehead atoms. The Morgan fingerprint density at radius 1 is 0.324 bits per heavy atom. The quantitative estimate of drug-likeness (QED) is 0.147. The number of hydrogen-bond donors (Lipinski definition) is 0. The summed E-state index contributed by atoms with van der Waals surface area (Å²) in [5.41, 5.74) is 25.5.